The van der Waals surface area contributed by atoms with Gasteiger partial charge in [-0.1, -0.05) is 5.92 Å². The van der Waals surface area contributed by atoms with Gasteiger partial charge in [0.05, 0.1) is 23.6 Å². The molecule has 1 amide bonds. The van der Waals surface area contributed by atoms with Gasteiger partial charge in [-0.3, -0.25) is 9.78 Å². The van der Waals surface area contributed by atoms with Crippen LogP contribution in [-0.2, 0) is 9.84 Å². The molecule has 0 aliphatic carbocycles. The third-order valence-corrected chi connectivity index (χ3v) is 5.31. The molecule has 1 atom stereocenters. The maximum Gasteiger partial charge on any atom is 0.256 e. The topological polar surface area (TPSA) is 67.3 Å². The molecule has 1 saturated heterocycles. The molecule has 2 rings (SSSR count). The van der Waals surface area contributed by atoms with E-state index in [-0.39, 0.29) is 30.0 Å². The predicted molar refractivity (Wildman–Crippen MR) is 78.9 cm³/mol. The molecule has 1 aromatic heterocycles. The first-order valence-electron chi connectivity index (χ1n) is 5.98. The van der Waals surface area contributed by atoms with E-state index in [0.29, 0.717) is 16.5 Å². The lowest BCUT2D eigenvalue weighted by Crippen LogP contribution is -2.41. The highest BCUT2D eigenvalue weighted by molar-refractivity contribution is 9.10. The molecule has 1 aliphatic heterocycles. The summed E-state index contributed by atoms with van der Waals surface area (Å²) in [5.74, 6) is 2.20. The normalized spacial score (nSPS) is 20.3. The Hall–Kier alpha value is -1.39. The highest BCUT2D eigenvalue weighted by Crippen LogP contribution is 2.20. The Kier molecular flexibility index (Phi) is 4.45. The maximum atomic E-state index is 12.5. The highest BCUT2D eigenvalue weighted by atomic mass is 79.9. The minimum atomic E-state index is -3.07. The number of carbonyl (C=O) groups excluding carboxylic acids is 1. The van der Waals surface area contributed by atoms with Crippen LogP contribution in [0.5, 0.6) is 0 Å². The van der Waals surface area contributed by atoms with Crippen LogP contribution in [0.1, 0.15) is 16.8 Å². The minimum Gasteiger partial charge on any atom is -0.323 e. The van der Waals surface area contributed by atoms with Crippen LogP contribution in [-0.4, -0.2) is 48.3 Å². The number of carbonyl (C=O) groups is 1. The second kappa shape index (κ2) is 5.94. The van der Waals surface area contributed by atoms with Gasteiger partial charge in [0.2, 0.25) is 0 Å². The predicted octanol–water partition coefficient (Wildman–Crippen LogP) is 1.11. The lowest BCUT2D eigenvalue weighted by molar-refractivity contribution is 0.0724. The molecule has 0 radical (unpaired) electrons. The number of aromatic nitrogens is 1. The SMILES string of the molecule is C#CCN(C(=O)c1cncc(Br)c1)C1CCS(=O)(=O)C1. The number of hydrogen-bond acceptors (Lipinski definition) is 4. The van der Waals surface area contributed by atoms with Crippen LogP contribution in [0, 0.1) is 12.3 Å². The zero-order chi connectivity index (χ0) is 14.8. The van der Waals surface area contributed by atoms with E-state index in [1.165, 1.54) is 11.1 Å². The largest absolute Gasteiger partial charge is 0.323 e. The lowest BCUT2D eigenvalue weighted by Gasteiger charge is -2.26. The molecule has 2 heterocycles. The Bertz CT molecular complexity index is 666. The van der Waals surface area contributed by atoms with Crippen molar-refractivity contribution in [2.24, 2.45) is 0 Å². The molecular formula is C13H13BrN2O3S. The van der Waals surface area contributed by atoms with Gasteiger partial charge in [0.25, 0.3) is 5.91 Å². The Morgan fingerprint density at radius 1 is 1.55 bits per heavy atom. The van der Waals surface area contributed by atoms with Crippen LogP contribution in [0.3, 0.4) is 0 Å². The fourth-order valence-corrected chi connectivity index (χ4v) is 4.28. The van der Waals surface area contributed by atoms with Crippen molar-refractivity contribution in [1.29, 1.82) is 0 Å². The van der Waals surface area contributed by atoms with E-state index in [2.05, 4.69) is 26.8 Å². The number of rotatable bonds is 3. The molecular weight excluding hydrogens is 344 g/mol. The fourth-order valence-electron chi connectivity index (χ4n) is 2.18. The first kappa shape index (κ1) is 15.0. The molecule has 5 nitrogen and oxygen atoms in total. The molecule has 106 valence electrons. The number of sulfone groups is 1. The molecule has 1 fully saturated rings. The molecule has 20 heavy (non-hydrogen) atoms. The average molecular weight is 357 g/mol. The van der Waals surface area contributed by atoms with E-state index < -0.39 is 9.84 Å². The smallest absolute Gasteiger partial charge is 0.256 e. The van der Waals surface area contributed by atoms with Crippen LogP contribution < -0.4 is 0 Å². The van der Waals surface area contributed by atoms with E-state index >= 15 is 0 Å². The Labute approximate surface area is 126 Å². The Balaban J connectivity index is 2.25. The van der Waals surface area contributed by atoms with Gasteiger partial charge in [-0.05, 0) is 28.4 Å². The second-order valence-corrected chi connectivity index (χ2v) is 7.73. The standard InChI is InChI=1S/C13H13BrN2O3S/c1-2-4-16(12-3-5-20(18,19)9-12)13(17)10-6-11(14)8-15-7-10/h1,6-8,12H,3-5,9H2. The van der Waals surface area contributed by atoms with E-state index in [4.69, 9.17) is 6.42 Å². The second-order valence-electron chi connectivity index (χ2n) is 4.59. The Morgan fingerprint density at radius 3 is 2.85 bits per heavy atom. The quantitative estimate of drug-likeness (QED) is 0.760. The van der Waals surface area contributed by atoms with Crippen molar-refractivity contribution in [3.63, 3.8) is 0 Å². The molecule has 7 heteroatoms. The summed E-state index contributed by atoms with van der Waals surface area (Å²) in [7, 11) is -3.07. The highest BCUT2D eigenvalue weighted by Gasteiger charge is 2.34. The van der Waals surface area contributed by atoms with Gasteiger partial charge < -0.3 is 4.90 Å². The summed E-state index contributed by atoms with van der Waals surface area (Å²) in [5.41, 5.74) is 0.388. The number of nitrogens with zero attached hydrogens (tertiary/aromatic N) is 2. The summed E-state index contributed by atoms with van der Waals surface area (Å²) < 4.78 is 23.8. The summed E-state index contributed by atoms with van der Waals surface area (Å²) in [5, 5.41) is 0. The summed E-state index contributed by atoms with van der Waals surface area (Å²) >= 11 is 3.25. The summed E-state index contributed by atoms with van der Waals surface area (Å²) in [6.45, 7) is 0.0888. The van der Waals surface area contributed by atoms with E-state index in [1.807, 2.05) is 0 Å². The van der Waals surface area contributed by atoms with Gasteiger partial charge in [0.1, 0.15) is 0 Å². The molecule has 1 aromatic rings. The number of halogens is 1. The third-order valence-electron chi connectivity index (χ3n) is 3.12. The van der Waals surface area contributed by atoms with Crippen molar-refractivity contribution in [2.75, 3.05) is 18.1 Å². The average Bonchev–Trinajstić information content (AvgIpc) is 2.75. The molecule has 0 bridgehead atoms. The summed E-state index contributed by atoms with van der Waals surface area (Å²) in [4.78, 5) is 17.8. The van der Waals surface area contributed by atoms with Crippen LogP contribution in [0.4, 0.5) is 0 Å². The van der Waals surface area contributed by atoms with Crippen molar-refractivity contribution in [3.8, 4) is 12.3 Å². The lowest BCUT2D eigenvalue weighted by atomic mass is 10.1. The molecule has 1 unspecified atom stereocenters. The molecule has 0 saturated carbocycles. The van der Waals surface area contributed by atoms with Crippen LogP contribution in [0.2, 0.25) is 0 Å². The number of terminal acetylenes is 1. The first-order valence-corrected chi connectivity index (χ1v) is 8.60. The van der Waals surface area contributed by atoms with Gasteiger partial charge in [-0.2, -0.15) is 0 Å². The Morgan fingerprint density at radius 2 is 2.30 bits per heavy atom. The number of amides is 1. The van der Waals surface area contributed by atoms with Crippen LogP contribution in [0.15, 0.2) is 22.9 Å². The molecule has 0 aromatic carbocycles. The zero-order valence-electron chi connectivity index (χ0n) is 10.6. The number of pyridine rings is 1. The maximum absolute atomic E-state index is 12.5. The van der Waals surface area contributed by atoms with Crippen molar-refractivity contribution >= 4 is 31.7 Å². The third kappa shape index (κ3) is 3.38. The molecule has 0 N–H and O–H groups in total. The van der Waals surface area contributed by atoms with Crippen molar-refractivity contribution in [1.82, 2.24) is 9.88 Å². The first-order chi connectivity index (χ1) is 9.43. The van der Waals surface area contributed by atoms with Gasteiger partial charge in [0.15, 0.2) is 9.84 Å². The van der Waals surface area contributed by atoms with Crippen LogP contribution >= 0.6 is 15.9 Å². The minimum absolute atomic E-state index is 0.0259. The monoisotopic (exact) mass is 356 g/mol. The summed E-state index contributed by atoms with van der Waals surface area (Å²) in [6, 6.07) is 1.28. The van der Waals surface area contributed by atoms with Crippen molar-refractivity contribution in [2.45, 2.75) is 12.5 Å². The molecule has 1 aliphatic rings. The van der Waals surface area contributed by atoms with Gasteiger partial charge in [-0.25, -0.2) is 8.42 Å². The zero-order valence-corrected chi connectivity index (χ0v) is 13.0. The van der Waals surface area contributed by atoms with Gasteiger partial charge in [0, 0.05) is 22.9 Å². The van der Waals surface area contributed by atoms with E-state index in [9.17, 15) is 13.2 Å². The van der Waals surface area contributed by atoms with Gasteiger partial charge in [-0.15, -0.1) is 6.42 Å². The van der Waals surface area contributed by atoms with Crippen molar-refractivity contribution in [3.05, 3.63) is 28.5 Å². The van der Waals surface area contributed by atoms with Crippen LogP contribution in [0.25, 0.3) is 0 Å². The number of hydrogen-bond donors (Lipinski definition) is 0. The van der Waals surface area contributed by atoms with Crippen molar-refractivity contribution < 1.29 is 13.2 Å². The fraction of sp³-hybridized carbons (Fsp3) is 0.385. The summed E-state index contributed by atoms with van der Waals surface area (Å²) in [6.07, 6.45) is 8.74. The molecule has 0 spiro atoms. The van der Waals surface area contributed by atoms with E-state index in [1.54, 1.807) is 12.3 Å². The van der Waals surface area contributed by atoms with Gasteiger partial charge >= 0.3 is 0 Å². The van der Waals surface area contributed by atoms with E-state index in [0.717, 1.165) is 0 Å².